The van der Waals surface area contributed by atoms with E-state index in [4.69, 9.17) is 14.7 Å². The van der Waals surface area contributed by atoms with E-state index in [9.17, 15) is 0 Å². The monoisotopic (exact) mass is 706 g/mol. The lowest BCUT2D eigenvalue weighted by molar-refractivity contribution is 0.258. The second-order valence-electron chi connectivity index (χ2n) is 15.1. The molecule has 0 bridgehead atoms. The van der Waals surface area contributed by atoms with Crippen LogP contribution in [0.2, 0.25) is 0 Å². The number of hydrogen-bond donors (Lipinski definition) is 0. The minimum atomic E-state index is 0.0116. The molecule has 0 fully saturated rings. The molecular weight excluding hydrogens is 669 g/mol. The van der Waals surface area contributed by atoms with Crippen molar-refractivity contribution in [1.29, 1.82) is 0 Å². The highest BCUT2D eigenvalue weighted by Crippen LogP contribution is 2.46. The number of aryl methyl sites for hydroxylation is 1. The van der Waals surface area contributed by atoms with Crippen LogP contribution in [0.1, 0.15) is 58.1 Å². The Morgan fingerprint density at radius 2 is 1.47 bits per heavy atom. The number of nitrogens with zero attached hydrogens (tertiary/aromatic N) is 2. The number of ether oxygens (including phenoxy) is 1. The van der Waals surface area contributed by atoms with Crippen molar-refractivity contribution in [2.45, 2.75) is 37.2 Å². The molecule has 55 heavy (non-hydrogen) atoms. The van der Waals surface area contributed by atoms with E-state index in [1.807, 2.05) is 12.3 Å². The molecule has 7 aromatic rings. The largest absolute Gasteiger partial charge is 0.484 e. The van der Waals surface area contributed by atoms with E-state index in [-0.39, 0.29) is 12.0 Å². The van der Waals surface area contributed by atoms with Crippen LogP contribution in [-0.4, -0.2) is 16.1 Å². The maximum atomic E-state index is 6.47. The van der Waals surface area contributed by atoms with Crippen LogP contribution in [0.25, 0.3) is 61.4 Å². The van der Waals surface area contributed by atoms with Gasteiger partial charge in [-0.3, -0.25) is 4.98 Å². The predicted octanol–water partition coefficient (Wildman–Crippen LogP) is 12.7. The second-order valence-corrected chi connectivity index (χ2v) is 15.1. The topological polar surface area (TPSA) is 35.0 Å². The summed E-state index contributed by atoms with van der Waals surface area (Å²) in [5.74, 6) is 1.51. The number of rotatable bonds is 5. The van der Waals surface area contributed by atoms with Crippen LogP contribution in [0.4, 0.5) is 0 Å². The molecule has 262 valence electrons. The lowest BCUT2D eigenvalue weighted by Gasteiger charge is -2.25. The Hall–Kier alpha value is -6.58. The molecule has 6 aromatic carbocycles. The molecule has 0 radical (unpaired) electrons. The van der Waals surface area contributed by atoms with Crippen molar-refractivity contribution in [3.8, 4) is 28.1 Å². The van der Waals surface area contributed by atoms with E-state index >= 15 is 0 Å². The summed E-state index contributed by atoms with van der Waals surface area (Å²) in [5.41, 5.74) is 16.7. The third-order valence-corrected chi connectivity index (χ3v) is 11.9. The highest BCUT2D eigenvalue weighted by molar-refractivity contribution is 6.10. The van der Waals surface area contributed by atoms with Crippen LogP contribution < -0.4 is 4.74 Å². The van der Waals surface area contributed by atoms with E-state index < -0.39 is 0 Å². The fraction of sp³-hybridized carbons (Fsp3) is 0.115. The first kappa shape index (κ1) is 31.9. The summed E-state index contributed by atoms with van der Waals surface area (Å²) in [7, 11) is 0. The molecule has 4 aliphatic rings. The van der Waals surface area contributed by atoms with Gasteiger partial charge in [0.1, 0.15) is 11.9 Å². The van der Waals surface area contributed by atoms with Crippen LogP contribution >= 0.6 is 0 Å². The Bertz CT molecular complexity index is 2820. The minimum absolute atomic E-state index is 0.0116. The molecule has 3 nitrogen and oxygen atoms in total. The van der Waals surface area contributed by atoms with Gasteiger partial charge in [-0.15, -0.1) is 0 Å². The first-order chi connectivity index (χ1) is 27.2. The van der Waals surface area contributed by atoms with Gasteiger partial charge in [-0.25, -0.2) is 4.98 Å². The zero-order chi connectivity index (χ0) is 36.3. The number of aromatic nitrogens is 2. The standard InChI is InChI=1S/C52H38N2O/c1-3-14-45-42(11-1)43-12-2-4-15-46(43)51-50(45)53-32-48(54-51)38-29-27-36(28-30-38)34-21-19-33(20-22-34)35-23-25-37(26-24-35)39-9-7-10-40(31-39)41-16-8-17-47-44-13-5-6-18-49(44)55-52(41)47/h1-3,5-14,16-19,21-33,41,52H,4,15,20H2. The number of fused-ring (bicyclic) bond motifs is 9. The van der Waals surface area contributed by atoms with Gasteiger partial charge >= 0.3 is 0 Å². The third kappa shape index (κ3) is 5.50. The average Bonchev–Trinajstić information content (AvgIpc) is 3.66. The summed E-state index contributed by atoms with van der Waals surface area (Å²) in [6.45, 7) is 0. The SMILES string of the molecule is C1=CC(c2cccc(-c3ccc(C4C=CC(c5ccc(-c6cnc7c(n6)c6c(c8ccccc87)C=CCC6)cc5)=CC4)cc3)c2)C2Oc3ccccc3C2=C1. The van der Waals surface area contributed by atoms with Crippen molar-refractivity contribution < 1.29 is 4.74 Å². The highest BCUT2D eigenvalue weighted by atomic mass is 16.5. The van der Waals surface area contributed by atoms with Crippen LogP contribution in [0.3, 0.4) is 0 Å². The maximum Gasteiger partial charge on any atom is 0.135 e. The summed E-state index contributed by atoms with van der Waals surface area (Å²) in [4.78, 5) is 10.2. The number of hydrogen-bond acceptors (Lipinski definition) is 3. The molecule has 1 aromatic heterocycles. The van der Waals surface area contributed by atoms with Gasteiger partial charge in [0.15, 0.2) is 0 Å². The average molecular weight is 707 g/mol. The van der Waals surface area contributed by atoms with E-state index in [0.717, 1.165) is 47.3 Å². The molecule has 3 atom stereocenters. The molecule has 3 unspecified atom stereocenters. The Labute approximate surface area is 321 Å². The van der Waals surface area contributed by atoms with Crippen LogP contribution in [0.15, 0.2) is 170 Å². The quantitative estimate of drug-likeness (QED) is 0.167. The van der Waals surface area contributed by atoms with Crippen molar-refractivity contribution in [1.82, 2.24) is 9.97 Å². The third-order valence-electron chi connectivity index (χ3n) is 11.9. The first-order valence-corrected chi connectivity index (χ1v) is 19.5. The smallest absolute Gasteiger partial charge is 0.135 e. The summed E-state index contributed by atoms with van der Waals surface area (Å²) in [6, 6.07) is 43.9. The molecule has 3 heteroatoms. The molecule has 0 saturated carbocycles. The van der Waals surface area contributed by atoms with Crippen molar-refractivity contribution in [3.63, 3.8) is 0 Å². The van der Waals surface area contributed by atoms with Crippen LogP contribution in [0, 0.1) is 0 Å². The summed E-state index contributed by atoms with van der Waals surface area (Å²) in [5, 5.41) is 2.43. The zero-order valence-electron chi connectivity index (χ0n) is 30.4. The van der Waals surface area contributed by atoms with Gasteiger partial charge in [-0.05, 0) is 75.2 Å². The van der Waals surface area contributed by atoms with Gasteiger partial charge in [0.2, 0.25) is 0 Å². The Kier molecular flexibility index (Phi) is 7.58. The molecule has 1 aliphatic heterocycles. The van der Waals surface area contributed by atoms with Crippen LogP contribution in [0.5, 0.6) is 5.75 Å². The van der Waals surface area contributed by atoms with Crippen molar-refractivity contribution in [2.24, 2.45) is 0 Å². The first-order valence-electron chi connectivity index (χ1n) is 19.5. The van der Waals surface area contributed by atoms with Crippen molar-refractivity contribution in [3.05, 3.63) is 203 Å². The Morgan fingerprint density at radius 3 is 2.35 bits per heavy atom. The Morgan fingerprint density at radius 1 is 0.655 bits per heavy atom. The predicted molar refractivity (Wildman–Crippen MR) is 227 cm³/mol. The molecular formula is C52H38N2O. The molecule has 0 N–H and O–H groups in total. The van der Waals surface area contributed by atoms with E-state index in [1.54, 1.807) is 0 Å². The van der Waals surface area contributed by atoms with Crippen LogP contribution in [-0.2, 0) is 6.42 Å². The van der Waals surface area contributed by atoms with Gasteiger partial charge in [0.25, 0.3) is 0 Å². The molecule has 11 rings (SSSR count). The molecule has 0 amide bonds. The number of benzene rings is 6. The van der Waals surface area contributed by atoms with Crippen molar-refractivity contribution >= 4 is 39.0 Å². The fourth-order valence-electron chi connectivity index (χ4n) is 9.06. The highest BCUT2D eigenvalue weighted by Gasteiger charge is 2.35. The van der Waals surface area contributed by atoms with Gasteiger partial charge in [0.05, 0.1) is 22.9 Å². The van der Waals surface area contributed by atoms with Gasteiger partial charge in [-0.2, -0.15) is 0 Å². The van der Waals surface area contributed by atoms with Gasteiger partial charge in [0, 0.05) is 33.9 Å². The Balaban J connectivity index is 0.788. The van der Waals surface area contributed by atoms with Crippen molar-refractivity contribution in [2.75, 3.05) is 0 Å². The van der Waals surface area contributed by atoms with E-state index in [2.05, 4.69) is 164 Å². The normalized spacial score (nSPS) is 19.4. The fourth-order valence-corrected chi connectivity index (χ4v) is 9.06. The lowest BCUT2D eigenvalue weighted by atomic mass is 9.83. The molecule has 2 heterocycles. The number of para-hydroxylation sites is 1. The summed E-state index contributed by atoms with van der Waals surface area (Å²) < 4.78 is 6.47. The van der Waals surface area contributed by atoms with Gasteiger partial charge in [-0.1, -0.05) is 164 Å². The summed E-state index contributed by atoms with van der Waals surface area (Å²) >= 11 is 0. The number of allylic oxidation sites excluding steroid dienone is 7. The molecule has 0 saturated heterocycles. The molecule has 0 spiro atoms. The molecule has 3 aliphatic carbocycles. The minimum Gasteiger partial charge on any atom is -0.484 e. The van der Waals surface area contributed by atoms with E-state index in [0.29, 0.717) is 5.92 Å². The zero-order valence-corrected chi connectivity index (χ0v) is 30.4. The summed E-state index contributed by atoms with van der Waals surface area (Å²) in [6.07, 6.45) is 23.2. The maximum absolute atomic E-state index is 6.47. The van der Waals surface area contributed by atoms with E-state index in [1.165, 1.54) is 66.4 Å². The lowest BCUT2D eigenvalue weighted by Crippen LogP contribution is -2.23. The second kappa shape index (κ2) is 13.1. The van der Waals surface area contributed by atoms with Gasteiger partial charge < -0.3 is 4.74 Å².